The van der Waals surface area contributed by atoms with Gasteiger partial charge >= 0.3 is 0 Å². The number of aromatic amines is 1. The number of sulfonamides is 1. The molecule has 1 aromatic rings. The molecule has 0 amide bonds. The van der Waals surface area contributed by atoms with Gasteiger partial charge in [0.2, 0.25) is 0 Å². The van der Waals surface area contributed by atoms with Gasteiger partial charge in [0.25, 0.3) is 10.0 Å². The molecule has 1 N–H and O–H groups in total. The van der Waals surface area contributed by atoms with E-state index in [9.17, 15) is 8.42 Å². The average molecular weight is 386 g/mol. The maximum Gasteiger partial charge on any atom is 0.261 e. The van der Waals surface area contributed by atoms with E-state index in [4.69, 9.17) is 0 Å². The molecule has 1 aliphatic carbocycles. The van der Waals surface area contributed by atoms with Gasteiger partial charge in [0.15, 0.2) is 5.03 Å². The molecule has 1 aromatic heterocycles. The van der Waals surface area contributed by atoms with Crippen LogP contribution in [0.25, 0.3) is 0 Å². The topological polar surface area (TPSA) is 66.1 Å². The molecular weight excluding hydrogens is 350 g/mol. The predicted octanol–water partition coefficient (Wildman–Crippen LogP) is 3.50. The van der Waals surface area contributed by atoms with Gasteiger partial charge in [0.05, 0.1) is 11.1 Å². The van der Waals surface area contributed by atoms with Gasteiger partial charge in [-0.2, -0.15) is 0 Å². The molecule has 144 valence electrons. The number of hydrogen-bond acceptors (Lipinski definition) is 3. The van der Waals surface area contributed by atoms with Crippen LogP contribution in [0, 0.1) is 5.92 Å². The van der Waals surface area contributed by atoms with Crippen molar-refractivity contribution in [1.29, 1.82) is 0 Å². The molecule has 1 saturated carbocycles. The first-order chi connectivity index (χ1) is 11.4. The lowest BCUT2D eigenvalue weighted by Crippen LogP contribution is -2.51. The lowest BCUT2D eigenvalue weighted by atomic mass is 9.86. The van der Waals surface area contributed by atoms with Crippen molar-refractivity contribution in [2.75, 3.05) is 14.1 Å². The third-order valence-corrected chi connectivity index (χ3v) is 13.1. The molecule has 0 radical (unpaired) electrons. The SMILES string of the molecule is CN(C)S(=O)(=O)c1nc([Si](C)(C)C(C)(C)C)[nH]c1CC1CCCCC1. The summed E-state index contributed by atoms with van der Waals surface area (Å²) >= 11 is 0. The summed E-state index contributed by atoms with van der Waals surface area (Å²) in [5.74, 6) is 0.567. The summed E-state index contributed by atoms with van der Waals surface area (Å²) in [5, 5.41) is 0.356. The highest BCUT2D eigenvalue weighted by molar-refractivity contribution is 7.89. The maximum absolute atomic E-state index is 12.8. The van der Waals surface area contributed by atoms with Crippen molar-refractivity contribution in [2.24, 2.45) is 5.92 Å². The van der Waals surface area contributed by atoms with Crippen LogP contribution in [0.5, 0.6) is 0 Å². The van der Waals surface area contributed by atoms with Crippen LogP contribution in [-0.2, 0) is 16.4 Å². The first-order valence-electron chi connectivity index (χ1n) is 9.39. The van der Waals surface area contributed by atoms with Crippen LogP contribution in [-0.4, -0.2) is 44.9 Å². The van der Waals surface area contributed by atoms with Crippen LogP contribution < -0.4 is 5.45 Å². The molecular formula is C18H35N3O2SSi. The minimum absolute atomic E-state index is 0.103. The fraction of sp³-hybridized carbons (Fsp3) is 0.833. The Morgan fingerprint density at radius 2 is 1.72 bits per heavy atom. The third kappa shape index (κ3) is 4.19. The van der Waals surface area contributed by atoms with Crippen LogP contribution >= 0.6 is 0 Å². The van der Waals surface area contributed by atoms with Gasteiger partial charge in [0, 0.05) is 14.1 Å². The molecule has 1 aliphatic rings. The lowest BCUT2D eigenvalue weighted by molar-refractivity contribution is 0.352. The van der Waals surface area contributed by atoms with Crippen LogP contribution in [0.4, 0.5) is 0 Å². The second-order valence-electron chi connectivity index (χ2n) is 9.24. The quantitative estimate of drug-likeness (QED) is 0.789. The molecule has 2 rings (SSSR count). The van der Waals surface area contributed by atoms with Gasteiger partial charge in [-0.25, -0.2) is 17.7 Å². The molecule has 7 heteroatoms. The molecule has 1 fully saturated rings. The van der Waals surface area contributed by atoms with Crippen molar-refractivity contribution >= 4 is 23.5 Å². The maximum atomic E-state index is 12.8. The number of nitrogens with one attached hydrogen (secondary N) is 1. The second kappa shape index (κ2) is 7.16. The molecule has 0 unspecified atom stereocenters. The highest BCUT2D eigenvalue weighted by atomic mass is 32.2. The molecule has 0 spiro atoms. The van der Waals surface area contributed by atoms with Crippen molar-refractivity contribution in [2.45, 2.75) is 82.5 Å². The highest BCUT2D eigenvalue weighted by Gasteiger charge is 2.41. The minimum Gasteiger partial charge on any atom is -0.349 e. The molecule has 5 nitrogen and oxygen atoms in total. The summed E-state index contributed by atoms with van der Waals surface area (Å²) in [4.78, 5) is 8.16. The Morgan fingerprint density at radius 3 is 2.20 bits per heavy atom. The van der Waals surface area contributed by atoms with Crippen LogP contribution in [0.3, 0.4) is 0 Å². The predicted molar refractivity (Wildman–Crippen MR) is 107 cm³/mol. The minimum atomic E-state index is -3.53. The standard InChI is InChI=1S/C18H35N3O2SSi/c1-18(2,3)25(6,7)17-19-15(13-14-11-9-8-10-12-14)16(20-17)24(22,23)21(4)5/h14H,8-13H2,1-7H3,(H,19,20). The monoisotopic (exact) mass is 385 g/mol. The summed E-state index contributed by atoms with van der Waals surface area (Å²) in [6.45, 7) is 11.2. The van der Waals surface area contributed by atoms with Gasteiger partial charge in [-0.3, -0.25) is 0 Å². The van der Waals surface area contributed by atoms with Crippen LogP contribution in [0.15, 0.2) is 5.03 Å². The number of rotatable bonds is 5. The summed E-state index contributed by atoms with van der Waals surface area (Å²) in [5.41, 5.74) is 1.73. The molecule has 0 atom stereocenters. The van der Waals surface area contributed by atoms with E-state index in [2.05, 4.69) is 43.8 Å². The molecule has 0 bridgehead atoms. The van der Waals surface area contributed by atoms with E-state index in [1.807, 2.05) is 0 Å². The number of nitrogens with zero attached hydrogens (tertiary/aromatic N) is 2. The van der Waals surface area contributed by atoms with Gasteiger partial charge < -0.3 is 4.98 Å². The molecule has 1 heterocycles. The fourth-order valence-electron chi connectivity index (χ4n) is 3.25. The van der Waals surface area contributed by atoms with Crippen LogP contribution in [0.2, 0.25) is 18.1 Å². The average Bonchev–Trinajstić information content (AvgIpc) is 2.92. The van der Waals surface area contributed by atoms with E-state index in [0.29, 0.717) is 5.92 Å². The lowest BCUT2D eigenvalue weighted by Gasteiger charge is -2.34. The van der Waals surface area contributed by atoms with Crippen LogP contribution in [0.1, 0.15) is 58.6 Å². The van der Waals surface area contributed by atoms with Gasteiger partial charge in [-0.05, 0) is 17.4 Å². The van der Waals surface area contributed by atoms with E-state index < -0.39 is 18.1 Å². The number of aromatic nitrogens is 2. The van der Waals surface area contributed by atoms with Crippen molar-refractivity contribution in [1.82, 2.24) is 14.3 Å². The summed E-state index contributed by atoms with van der Waals surface area (Å²) in [6.07, 6.45) is 6.99. The Bertz CT molecular complexity index is 696. The van der Waals surface area contributed by atoms with E-state index in [0.717, 1.165) is 17.6 Å². The number of imidazole rings is 1. The van der Waals surface area contributed by atoms with Crippen molar-refractivity contribution in [3.8, 4) is 0 Å². The first kappa shape index (κ1) is 20.6. The Labute approximate surface area is 154 Å². The van der Waals surface area contributed by atoms with Crippen molar-refractivity contribution in [3.05, 3.63) is 5.69 Å². The molecule has 25 heavy (non-hydrogen) atoms. The smallest absolute Gasteiger partial charge is 0.261 e. The van der Waals surface area contributed by atoms with Gasteiger partial charge in [-0.15, -0.1) is 0 Å². The molecule has 0 aliphatic heterocycles. The van der Waals surface area contributed by atoms with Crippen molar-refractivity contribution in [3.63, 3.8) is 0 Å². The van der Waals surface area contributed by atoms with E-state index in [-0.39, 0.29) is 10.1 Å². The van der Waals surface area contributed by atoms with Crippen molar-refractivity contribution < 1.29 is 8.42 Å². The first-order valence-corrected chi connectivity index (χ1v) is 13.8. The molecule has 0 saturated heterocycles. The third-order valence-electron chi connectivity index (χ3n) is 6.15. The molecule has 0 aromatic carbocycles. The fourth-order valence-corrected chi connectivity index (χ4v) is 5.89. The Hall–Kier alpha value is -0.663. The van der Waals surface area contributed by atoms with E-state index >= 15 is 0 Å². The van der Waals surface area contributed by atoms with E-state index in [1.54, 1.807) is 14.1 Å². The Balaban J connectivity index is 2.48. The van der Waals surface area contributed by atoms with Gasteiger partial charge in [0.1, 0.15) is 8.07 Å². The highest BCUT2D eigenvalue weighted by Crippen LogP contribution is 2.36. The van der Waals surface area contributed by atoms with E-state index in [1.165, 1.54) is 36.4 Å². The zero-order valence-corrected chi connectivity index (χ0v) is 18.8. The second-order valence-corrected chi connectivity index (χ2v) is 16.5. The number of hydrogen-bond donors (Lipinski definition) is 1. The summed E-state index contributed by atoms with van der Waals surface area (Å²) in [7, 11) is -2.28. The largest absolute Gasteiger partial charge is 0.349 e. The Kier molecular flexibility index (Phi) is 5.91. The summed E-state index contributed by atoms with van der Waals surface area (Å²) in [6, 6.07) is 0. The zero-order chi connectivity index (χ0) is 19.0. The normalized spacial score (nSPS) is 18.1. The Morgan fingerprint density at radius 1 is 1.16 bits per heavy atom. The zero-order valence-electron chi connectivity index (χ0n) is 16.9. The number of H-pyrrole nitrogens is 1. The summed E-state index contributed by atoms with van der Waals surface area (Å²) < 4.78 is 27.0. The van der Waals surface area contributed by atoms with Gasteiger partial charge in [-0.1, -0.05) is 66.0 Å².